The minimum absolute atomic E-state index is 0.00500. The number of piperidine rings is 1. The molecule has 0 unspecified atom stereocenters. The maximum atomic E-state index is 10.4. The molecule has 2 aromatic carbocycles. The van der Waals surface area contributed by atoms with E-state index in [-0.39, 0.29) is 17.2 Å². The molecular weight excluding hydrogens is 338 g/mol. The Hall–Kier alpha value is -1.46. The third kappa shape index (κ3) is 3.79. The summed E-state index contributed by atoms with van der Waals surface area (Å²) in [5, 5.41) is 16.4. The summed E-state index contributed by atoms with van der Waals surface area (Å²) in [6.07, 6.45) is 1.54. The highest BCUT2D eigenvalue weighted by Crippen LogP contribution is 2.37. The van der Waals surface area contributed by atoms with Gasteiger partial charge in [0.1, 0.15) is 0 Å². The Morgan fingerprint density at radius 3 is 2.00 bits per heavy atom. The van der Waals surface area contributed by atoms with Crippen LogP contribution in [0.2, 0.25) is 5.04 Å². The summed E-state index contributed by atoms with van der Waals surface area (Å²) >= 11 is 0. The molecule has 0 aliphatic carbocycles. The van der Waals surface area contributed by atoms with E-state index in [0.29, 0.717) is 6.61 Å². The van der Waals surface area contributed by atoms with Gasteiger partial charge in [-0.15, -0.1) is 0 Å². The van der Waals surface area contributed by atoms with Crippen molar-refractivity contribution in [2.75, 3.05) is 13.2 Å². The second-order valence-electron chi connectivity index (χ2n) is 8.24. The number of hydrogen-bond donors (Lipinski definition) is 2. The van der Waals surface area contributed by atoms with E-state index in [1.165, 1.54) is 10.4 Å². The Labute approximate surface area is 158 Å². The summed E-state index contributed by atoms with van der Waals surface area (Å²) in [5.74, 6) is 0. The fraction of sp³-hybridized carbons (Fsp3) is 0.455. The lowest BCUT2D eigenvalue weighted by Crippen LogP contribution is -2.67. The van der Waals surface area contributed by atoms with Crippen molar-refractivity contribution in [3.8, 4) is 0 Å². The molecule has 0 amide bonds. The predicted octanol–water partition coefficient (Wildman–Crippen LogP) is 2.68. The second-order valence-corrected chi connectivity index (χ2v) is 12.6. The van der Waals surface area contributed by atoms with Crippen LogP contribution in [-0.4, -0.2) is 38.7 Å². The van der Waals surface area contributed by atoms with Crippen LogP contribution >= 0.6 is 0 Å². The molecule has 3 nitrogen and oxygen atoms in total. The van der Waals surface area contributed by atoms with Crippen LogP contribution in [0.1, 0.15) is 33.6 Å². The summed E-state index contributed by atoms with van der Waals surface area (Å²) in [6, 6.07) is 21.3. The van der Waals surface area contributed by atoms with Crippen molar-refractivity contribution in [1.82, 2.24) is 5.32 Å². The van der Waals surface area contributed by atoms with Gasteiger partial charge in [0.15, 0.2) is 0 Å². The van der Waals surface area contributed by atoms with E-state index in [4.69, 9.17) is 4.43 Å². The van der Waals surface area contributed by atoms with E-state index in [1.54, 1.807) is 0 Å². The molecule has 1 fully saturated rings. The van der Waals surface area contributed by atoms with Gasteiger partial charge >= 0.3 is 0 Å². The first-order chi connectivity index (χ1) is 12.4. The normalized spacial score (nSPS) is 21.5. The van der Waals surface area contributed by atoms with Crippen molar-refractivity contribution in [1.29, 1.82) is 0 Å². The Balaban J connectivity index is 2.02. The largest absolute Gasteiger partial charge is 0.406 e. The van der Waals surface area contributed by atoms with Crippen LogP contribution < -0.4 is 15.7 Å². The number of aliphatic hydroxyl groups is 1. The summed E-state index contributed by atoms with van der Waals surface area (Å²) < 4.78 is 6.89. The van der Waals surface area contributed by atoms with Gasteiger partial charge in [-0.2, -0.15) is 0 Å². The van der Waals surface area contributed by atoms with Crippen molar-refractivity contribution in [2.45, 2.75) is 50.8 Å². The molecule has 3 rings (SSSR count). The fourth-order valence-corrected chi connectivity index (χ4v) is 8.67. The second kappa shape index (κ2) is 8.05. The van der Waals surface area contributed by atoms with E-state index in [1.807, 2.05) is 0 Å². The van der Waals surface area contributed by atoms with Gasteiger partial charge in [-0.25, -0.2) is 0 Å². The molecule has 2 aromatic rings. The van der Waals surface area contributed by atoms with Crippen LogP contribution in [0.25, 0.3) is 0 Å². The summed E-state index contributed by atoms with van der Waals surface area (Å²) in [7, 11) is -2.51. The standard InChI is InChI=1S/C22H31NO2Si/c1-22(2,3)26(18-11-6-4-7-12-18,19-13-8-5-9-14-19)25-17-20-21(24)15-10-16-23-20/h4-9,11-14,20-21,23-24H,10,15-17H2,1-3H3/t20-,21-/m1/s1. The van der Waals surface area contributed by atoms with Gasteiger partial charge in [-0.05, 0) is 34.8 Å². The smallest absolute Gasteiger partial charge is 0.261 e. The Bertz CT molecular complexity index is 645. The zero-order chi connectivity index (χ0) is 18.6. The maximum absolute atomic E-state index is 10.4. The molecule has 2 N–H and O–H groups in total. The highest BCUT2D eigenvalue weighted by Gasteiger charge is 2.50. The molecule has 2 atom stereocenters. The molecule has 140 valence electrons. The number of rotatable bonds is 5. The van der Waals surface area contributed by atoms with Gasteiger partial charge in [0.2, 0.25) is 0 Å². The summed E-state index contributed by atoms with van der Waals surface area (Å²) in [4.78, 5) is 0. The maximum Gasteiger partial charge on any atom is 0.261 e. The molecule has 0 spiro atoms. The lowest BCUT2D eigenvalue weighted by Gasteiger charge is -2.44. The first-order valence-corrected chi connectivity index (χ1v) is 11.5. The molecule has 0 bridgehead atoms. The average Bonchev–Trinajstić information content (AvgIpc) is 2.64. The van der Waals surface area contributed by atoms with Crippen molar-refractivity contribution in [3.05, 3.63) is 60.7 Å². The first kappa shape index (κ1) is 19.3. The number of nitrogens with one attached hydrogen (secondary N) is 1. The molecular formula is C22H31NO2Si. The lowest BCUT2D eigenvalue weighted by atomic mass is 10.0. The highest BCUT2D eigenvalue weighted by molar-refractivity contribution is 6.99. The molecule has 1 aliphatic heterocycles. The summed E-state index contributed by atoms with van der Waals surface area (Å²) in [5.41, 5.74) is 0. The van der Waals surface area contributed by atoms with E-state index in [0.717, 1.165) is 19.4 Å². The summed E-state index contributed by atoms with van der Waals surface area (Å²) in [6.45, 7) is 8.33. The molecule has 26 heavy (non-hydrogen) atoms. The van der Waals surface area contributed by atoms with Crippen LogP contribution in [0, 0.1) is 0 Å². The van der Waals surface area contributed by atoms with Gasteiger partial charge in [0, 0.05) is 0 Å². The van der Waals surface area contributed by atoms with Crippen LogP contribution in [0.5, 0.6) is 0 Å². The van der Waals surface area contributed by atoms with Crippen LogP contribution in [0.4, 0.5) is 0 Å². The van der Waals surface area contributed by atoms with Gasteiger partial charge in [-0.3, -0.25) is 0 Å². The highest BCUT2D eigenvalue weighted by atomic mass is 28.4. The van der Waals surface area contributed by atoms with Gasteiger partial charge < -0.3 is 14.8 Å². The number of hydrogen-bond acceptors (Lipinski definition) is 3. The molecule has 4 heteroatoms. The van der Waals surface area contributed by atoms with E-state index < -0.39 is 8.32 Å². The van der Waals surface area contributed by atoms with E-state index in [2.05, 4.69) is 86.8 Å². The number of aliphatic hydroxyl groups excluding tert-OH is 1. The fourth-order valence-electron chi connectivity index (χ4n) is 4.08. The zero-order valence-electron chi connectivity index (χ0n) is 16.1. The zero-order valence-corrected chi connectivity index (χ0v) is 17.1. The molecule has 0 saturated carbocycles. The Morgan fingerprint density at radius 1 is 1.00 bits per heavy atom. The van der Waals surface area contributed by atoms with Gasteiger partial charge in [-0.1, -0.05) is 81.4 Å². The van der Waals surface area contributed by atoms with Crippen molar-refractivity contribution < 1.29 is 9.53 Å². The van der Waals surface area contributed by atoms with Gasteiger partial charge in [0.25, 0.3) is 8.32 Å². The predicted molar refractivity (Wildman–Crippen MR) is 111 cm³/mol. The molecule has 0 aromatic heterocycles. The topological polar surface area (TPSA) is 41.5 Å². The number of benzene rings is 2. The van der Waals surface area contributed by atoms with Crippen molar-refractivity contribution in [3.63, 3.8) is 0 Å². The first-order valence-electron chi connectivity index (χ1n) is 9.61. The third-order valence-corrected chi connectivity index (χ3v) is 10.4. The van der Waals surface area contributed by atoms with E-state index in [9.17, 15) is 5.11 Å². The van der Waals surface area contributed by atoms with Crippen LogP contribution in [0.15, 0.2) is 60.7 Å². The minimum Gasteiger partial charge on any atom is -0.406 e. The lowest BCUT2D eigenvalue weighted by molar-refractivity contribution is 0.0684. The third-order valence-electron chi connectivity index (χ3n) is 5.44. The Kier molecular flexibility index (Phi) is 5.98. The molecule has 1 aliphatic rings. The van der Waals surface area contributed by atoms with E-state index >= 15 is 0 Å². The van der Waals surface area contributed by atoms with Crippen LogP contribution in [0.3, 0.4) is 0 Å². The monoisotopic (exact) mass is 369 g/mol. The quantitative estimate of drug-likeness (QED) is 0.796. The molecule has 1 heterocycles. The van der Waals surface area contributed by atoms with Crippen molar-refractivity contribution >= 4 is 18.7 Å². The van der Waals surface area contributed by atoms with Crippen molar-refractivity contribution in [2.24, 2.45) is 0 Å². The average molecular weight is 370 g/mol. The molecule has 1 saturated heterocycles. The Morgan fingerprint density at radius 2 is 1.54 bits per heavy atom. The van der Waals surface area contributed by atoms with Gasteiger partial charge in [0.05, 0.1) is 18.8 Å². The molecule has 0 radical (unpaired) electrons. The minimum atomic E-state index is -2.51. The van der Waals surface area contributed by atoms with Crippen LogP contribution in [-0.2, 0) is 4.43 Å². The SMILES string of the molecule is CC(C)(C)[Si](OC[C@H]1NCCC[C@H]1O)(c1ccccc1)c1ccccc1.